The van der Waals surface area contributed by atoms with E-state index in [4.69, 9.17) is 16.3 Å². The van der Waals surface area contributed by atoms with E-state index in [0.717, 1.165) is 16.9 Å². The average molecular weight is 318 g/mol. The van der Waals surface area contributed by atoms with Gasteiger partial charge in [-0.1, -0.05) is 42.5 Å². The summed E-state index contributed by atoms with van der Waals surface area (Å²) < 4.78 is 5.77. The zero-order chi connectivity index (χ0) is 15.9. The fourth-order valence-corrected chi connectivity index (χ4v) is 2.29. The molecular formula is C18H20ClNO2. The predicted molar refractivity (Wildman–Crippen MR) is 89.3 cm³/mol. The largest absolute Gasteiger partial charge is 0.489 e. The van der Waals surface area contributed by atoms with Crippen molar-refractivity contribution in [3.63, 3.8) is 0 Å². The summed E-state index contributed by atoms with van der Waals surface area (Å²) in [7, 11) is 0. The highest BCUT2D eigenvalue weighted by atomic mass is 35.5. The Hall–Kier alpha value is -2.00. The summed E-state index contributed by atoms with van der Waals surface area (Å²) in [4.78, 5) is 12.1. The minimum atomic E-state index is -0.688. The number of halogens is 1. The first-order chi connectivity index (χ1) is 10.6. The Balaban J connectivity index is 1.83. The molecule has 22 heavy (non-hydrogen) atoms. The lowest BCUT2D eigenvalue weighted by atomic mass is 10.1. The van der Waals surface area contributed by atoms with E-state index < -0.39 is 5.38 Å². The van der Waals surface area contributed by atoms with Crippen LogP contribution in [-0.2, 0) is 4.79 Å². The lowest BCUT2D eigenvalue weighted by Crippen LogP contribution is -2.35. The molecule has 2 unspecified atom stereocenters. The molecule has 116 valence electrons. The third-order valence-corrected chi connectivity index (χ3v) is 3.66. The second kappa shape index (κ2) is 7.85. The van der Waals surface area contributed by atoms with Crippen molar-refractivity contribution < 1.29 is 9.53 Å². The van der Waals surface area contributed by atoms with E-state index in [-0.39, 0.29) is 12.0 Å². The third kappa shape index (κ3) is 4.78. The van der Waals surface area contributed by atoms with Gasteiger partial charge in [0.2, 0.25) is 5.91 Å². The van der Waals surface area contributed by atoms with Gasteiger partial charge in [0.1, 0.15) is 17.2 Å². The molecule has 0 saturated heterocycles. The quantitative estimate of drug-likeness (QED) is 0.822. The Labute approximate surface area is 136 Å². The van der Waals surface area contributed by atoms with E-state index in [1.165, 1.54) is 0 Å². The van der Waals surface area contributed by atoms with E-state index in [1.807, 2.05) is 68.4 Å². The van der Waals surface area contributed by atoms with Gasteiger partial charge in [0.15, 0.2) is 0 Å². The van der Waals surface area contributed by atoms with Crippen LogP contribution in [0.4, 0.5) is 0 Å². The number of ether oxygens (including phenoxy) is 1. The van der Waals surface area contributed by atoms with Crippen molar-refractivity contribution in [3.8, 4) is 5.75 Å². The lowest BCUT2D eigenvalue weighted by Gasteiger charge is -2.17. The molecule has 0 aliphatic heterocycles. The Morgan fingerprint density at radius 3 is 2.59 bits per heavy atom. The first-order valence-electron chi connectivity index (χ1n) is 7.26. The Morgan fingerprint density at radius 2 is 1.91 bits per heavy atom. The molecule has 0 aliphatic carbocycles. The standard InChI is InChI=1S/C18H20ClNO2/c1-13-7-6-10-16(11-13)22-14(2)12-20-18(21)17(19)15-8-4-3-5-9-15/h3-11,14,17H,12H2,1-2H3,(H,20,21). The summed E-state index contributed by atoms with van der Waals surface area (Å²) in [6, 6.07) is 17.1. The van der Waals surface area contributed by atoms with Gasteiger partial charge in [-0.2, -0.15) is 0 Å². The third-order valence-electron chi connectivity index (χ3n) is 3.21. The van der Waals surface area contributed by atoms with Crippen molar-refractivity contribution in [3.05, 3.63) is 65.7 Å². The molecule has 0 spiro atoms. The molecule has 3 nitrogen and oxygen atoms in total. The molecule has 2 aromatic rings. The summed E-state index contributed by atoms with van der Waals surface area (Å²) in [5.74, 6) is 0.583. The fraction of sp³-hybridized carbons (Fsp3) is 0.278. The fourth-order valence-electron chi connectivity index (χ4n) is 2.07. The Kier molecular flexibility index (Phi) is 5.84. The van der Waals surface area contributed by atoms with Gasteiger partial charge in [0.25, 0.3) is 0 Å². The van der Waals surface area contributed by atoms with Crippen LogP contribution >= 0.6 is 11.6 Å². The molecule has 0 bridgehead atoms. The average Bonchev–Trinajstić information content (AvgIpc) is 2.52. The van der Waals surface area contributed by atoms with E-state index in [0.29, 0.717) is 6.54 Å². The van der Waals surface area contributed by atoms with Crippen molar-refractivity contribution >= 4 is 17.5 Å². The van der Waals surface area contributed by atoms with Crippen LogP contribution < -0.4 is 10.1 Å². The number of alkyl halides is 1. The van der Waals surface area contributed by atoms with Crippen molar-refractivity contribution in [2.45, 2.75) is 25.3 Å². The number of nitrogens with one attached hydrogen (secondary N) is 1. The van der Waals surface area contributed by atoms with Gasteiger partial charge in [-0.05, 0) is 37.1 Å². The van der Waals surface area contributed by atoms with Gasteiger partial charge in [-0.25, -0.2) is 0 Å². The van der Waals surface area contributed by atoms with Crippen LogP contribution in [-0.4, -0.2) is 18.6 Å². The van der Waals surface area contributed by atoms with Crippen LogP contribution in [0.15, 0.2) is 54.6 Å². The minimum Gasteiger partial charge on any atom is -0.489 e. The first kappa shape index (κ1) is 16.4. The summed E-state index contributed by atoms with van der Waals surface area (Å²) in [6.07, 6.45) is -0.134. The van der Waals surface area contributed by atoms with E-state index in [1.54, 1.807) is 0 Å². The number of hydrogen-bond acceptors (Lipinski definition) is 2. The highest BCUT2D eigenvalue weighted by Crippen LogP contribution is 2.20. The summed E-state index contributed by atoms with van der Waals surface area (Å²) in [5, 5.41) is 2.13. The molecule has 4 heteroatoms. The predicted octanol–water partition coefficient (Wildman–Crippen LogP) is 3.86. The number of benzene rings is 2. The maximum atomic E-state index is 12.1. The van der Waals surface area contributed by atoms with E-state index in [9.17, 15) is 4.79 Å². The molecule has 0 aliphatic rings. The van der Waals surface area contributed by atoms with Gasteiger partial charge in [-0.3, -0.25) is 4.79 Å². The molecule has 1 N–H and O–H groups in total. The number of hydrogen-bond donors (Lipinski definition) is 1. The summed E-state index contributed by atoms with van der Waals surface area (Å²) in [5.41, 5.74) is 1.92. The highest BCUT2D eigenvalue weighted by molar-refractivity contribution is 6.30. The normalized spacial score (nSPS) is 13.2. The summed E-state index contributed by atoms with van der Waals surface area (Å²) in [6.45, 7) is 4.33. The second-order valence-electron chi connectivity index (χ2n) is 5.26. The summed E-state index contributed by atoms with van der Waals surface area (Å²) >= 11 is 6.17. The maximum absolute atomic E-state index is 12.1. The van der Waals surface area contributed by atoms with Crippen LogP contribution in [0.5, 0.6) is 5.75 Å². The number of aryl methyl sites for hydroxylation is 1. The molecule has 0 aromatic heterocycles. The molecule has 0 saturated carbocycles. The van der Waals surface area contributed by atoms with Gasteiger partial charge in [-0.15, -0.1) is 11.6 Å². The molecule has 2 aromatic carbocycles. The van der Waals surface area contributed by atoms with Crippen molar-refractivity contribution in [2.24, 2.45) is 0 Å². The number of carbonyl (C=O) groups is 1. The Bertz CT molecular complexity index is 615. The van der Waals surface area contributed by atoms with Crippen LogP contribution in [0.2, 0.25) is 0 Å². The number of carbonyl (C=O) groups excluding carboxylic acids is 1. The van der Waals surface area contributed by atoms with Crippen LogP contribution in [0.25, 0.3) is 0 Å². The SMILES string of the molecule is Cc1cccc(OC(C)CNC(=O)C(Cl)c2ccccc2)c1. The van der Waals surface area contributed by atoms with Gasteiger partial charge in [0, 0.05) is 0 Å². The smallest absolute Gasteiger partial charge is 0.242 e. The van der Waals surface area contributed by atoms with E-state index in [2.05, 4.69) is 5.32 Å². The number of rotatable bonds is 6. The Morgan fingerprint density at radius 1 is 1.18 bits per heavy atom. The molecule has 2 rings (SSSR count). The molecular weight excluding hydrogens is 298 g/mol. The zero-order valence-electron chi connectivity index (χ0n) is 12.8. The zero-order valence-corrected chi connectivity index (χ0v) is 13.5. The maximum Gasteiger partial charge on any atom is 0.242 e. The first-order valence-corrected chi connectivity index (χ1v) is 7.70. The molecule has 0 radical (unpaired) electrons. The lowest BCUT2D eigenvalue weighted by molar-refractivity contribution is -0.121. The van der Waals surface area contributed by atoms with Gasteiger partial charge in [0.05, 0.1) is 6.54 Å². The van der Waals surface area contributed by atoms with Crippen LogP contribution in [0.3, 0.4) is 0 Å². The van der Waals surface area contributed by atoms with Crippen molar-refractivity contribution in [1.82, 2.24) is 5.32 Å². The van der Waals surface area contributed by atoms with E-state index >= 15 is 0 Å². The van der Waals surface area contributed by atoms with Crippen LogP contribution in [0.1, 0.15) is 23.4 Å². The molecule has 2 atom stereocenters. The molecule has 1 amide bonds. The second-order valence-corrected chi connectivity index (χ2v) is 5.70. The van der Waals surface area contributed by atoms with Crippen molar-refractivity contribution in [2.75, 3.05) is 6.54 Å². The number of amides is 1. The minimum absolute atomic E-state index is 0.134. The molecule has 0 fully saturated rings. The molecule has 0 heterocycles. The van der Waals surface area contributed by atoms with Gasteiger partial charge >= 0.3 is 0 Å². The van der Waals surface area contributed by atoms with Crippen LogP contribution in [0, 0.1) is 6.92 Å². The van der Waals surface area contributed by atoms with Gasteiger partial charge < -0.3 is 10.1 Å². The topological polar surface area (TPSA) is 38.3 Å². The highest BCUT2D eigenvalue weighted by Gasteiger charge is 2.17. The monoisotopic (exact) mass is 317 g/mol. The van der Waals surface area contributed by atoms with Crippen molar-refractivity contribution in [1.29, 1.82) is 0 Å².